The minimum absolute atomic E-state index is 0.0377. The number of hydrogen-bond donors (Lipinski definition) is 2. The molecule has 6 heteroatoms. The number of aromatic carboxylic acids is 1. The summed E-state index contributed by atoms with van der Waals surface area (Å²) >= 11 is 0. The van der Waals surface area contributed by atoms with Gasteiger partial charge in [0.1, 0.15) is 0 Å². The number of carboxylic acid groups (broad SMARTS) is 1. The van der Waals surface area contributed by atoms with E-state index in [1.54, 1.807) is 29.3 Å². The predicted molar refractivity (Wildman–Crippen MR) is 110 cm³/mol. The van der Waals surface area contributed by atoms with Crippen LogP contribution in [0.3, 0.4) is 0 Å². The van der Waals surface area contributed by atoms with Gasteiger partial charge < -0.3 is 10.2 Å². The third kappa shape index (κ3) is 5.43. The van der Waals surface area contributed by atoms with Crippen LogP contribution in [0.1, 0.15) is 47.2 Å². The Labute approximate surface area is 171 Å². The van der Waals surface area contributed by atoms with Gasteiger partial charge in [0, 0.05) is 32.0 Å². The second kappa shape index (κ2) is 9.67. The summed E-state index contributed by atoms with van der Waals surface area (Å²) in [7, 11) is 0. The highest BCUT2D eigenvalue weighted by atomic mass is 16.4. The zero-order valence-corrected chi connectivity index (χ0v) is 16.7. The van der Waals surface area contributed by atoms with Crippen molar-refractivity contribution in [1.82, 2.24) is 10.0 Å². The van der Waals surface area contributed by atoms with Gasteiger partial charge in [0.25, 0.3) is 0 Å². The zero-order chi connectivity index (χ0) is 20.8. The quantitative estimate of drug-likeness (QED) is 0.681. The van der Waals surface area contributed by atoms with Crippen molar-refractivity contribution in [2.24, 2.45) is 0 Å². The summed E-state index contributed by atoms with van der Waals surface area (Å²) in [5.74, 6) is -0.811. The highest BCUT2D eigenvalue weighted by Gasteiger charge is 2.29. The molecule has 2 aromatic rings. The Balaban J connectivity index is 1.52. The monoisotopic (exact) mass is 396 g/mol. The highest BCUT2D eigenvalue weighted by molar-refractivity contribution is 5.87. The Morgan fingerprint density at radius 3 is 2.41 bits per heavy atom. The van der Waals surface area contributed by atoms with E-state index in [0.29, 0.717) is 38.9 Å². The molecule has 1 fully saturated rings. The number of benzene rings is 2. The molecule has 0 aliphatic carbocycles. The fourth-order valence-corrected chi connectivity index (χ4v) is 3.69. The normalized spacial score (nSPS) is 16.8. The lowest BCUT2D eigenvalue weighted by atomic mass is 9.93. The molecule has 3 rings (SSSR count). The Morgan fingerprint density at radius 1 is 1.07 bits per heavy atom. The smallest absolute Gasteiger partial charge is 0.335 e. The van der Waals surface area contributed by atoms with Crippen LogP contribution in [0, 0.1) is 0 Å². The van der Waals surface area contributed by atoms with Crippen LogP contribution in [0.2, 0.25) is 0 Å². The Bertz CT molecular complexity index is 823. The topological polar surface area (TPSA) is 81.1 Å². The van der Waals surface area contributed by atoms with Gasteiger partial charge in [0.15, 0.2) is 0 Å². The molecule has 2 N–H and O–H groups in total. The van der Waals surface area contributed by atoms with E-state index in [9.17, 15) is 14.7 Å². The SMILES string of the molecule is C[C@@H](c1ccccc1)C(O)CCN1CCC(=O)N1CCc1ccc(C(=O)O)cc1. The van der Waals surface area contributed by atoms with Crippen molar-refractivity contribution in [3.05, 3.63) is 71.3 Å². The molecular formula is C23H28N2O4. The van der Waals surface area contributed by atoms with Gasteiger partial charge in [0.2, 0.25) is 5.91 Å². The summed E-state index contributed by atoms with van der Waals surface area (Å²) in [6, 6.07) is 16.7. The predicted octanol–water partition coefficient (Wildman–Crippen LogP) is 2.93. The molecule has 29 heavy (non-hydrogen) atoms. The number of carbonyl (C=O) groups excluding carboxylic acids is 1. The van der Waals surface area contributed by atoms with Gasteiger partial charge >= 0.3 is 5.97 Å². The standard InChI is InChI=1S/C23H28N2O4/c1-17(19-5-3-2-4-6-19)21(26)12-14-24-15-13-22(27)25(24)16-11-18-7-9-20(10-8-18)23(28)29/h2-10,17,21,26H,11-16H2,1H3,(H,28,29)/t17-,21?/m0/s1. The van der Waals surface area contributed by atoms with Crippen molar-refractivity contribution in [2.75, 3.05) is 19.6 Å². The minimum atomic E-state index is -0.944. The zero-order valence-electron chi connectivity index (χ0n) is 16.7. The van der Waals surface area contributed by atoms with Crippen LogP contribution in [0.4, 0.5) is 0 Å². The summed E-state index contributed by atoms with van der Waals surface area (Å²) in [6.07, 6.45) is 1.26. The maximum atomic E-state index is 12.3. The second-order valence-corrected chi connectivity index (χ2v) is 7.53. The molecule has 1 aliphatic heterocycles. The van der Waals surface area contributed by atoms with Gasteiger partial charge in [-0.25, -0.2) is 9.80 Å². The first-order chi connectivity index (χ1) is 14.0. The van der Waals surface area contributed by atoms with E-state index in [4.69, 9.17) is 5.11 Å². The first kappa shape index (κ1) is 21.0. The third-order valence-electron chi connectivity index (χ3n) is 5.61. The van der Waals surface area contributed by atoms with Gasteiger partial charge in [-0.05, 0) is 36.1 Å². The maximum absolute atomic E-state index is 12.3. The molecule has 1 amide bonds. The molecule has 154 valence electrons. The van der Waals surface area contributed by atoms with E-state index in [2.05, 4.69) is 0 Å². The summed E-state index contributed by atoms with van der Waals surface area (Å²) in [4.78, 5) is 23.2. The molecule has 0 spiro atoms. The number of hydrogen-bond acceptors (Lipinski definition) is 4. The molecule has 0 radical (unpaired) electrons. The van der Waals surface area contributed by atoms with Crippen molar-refractivity contribution >= 4 is 11.9 Å². The highest BCUT2D eigenvalue weighted by Crippen LogP contribution is 2.22. The first-order valence-electron chi connectivity index (χ1n) is 10.1. The molecule has 0 aromatic heterocycles. The van der Waals surface area contributed by atoms with Crippen molar-refractivity contribution in [1.29, 1.82) is 0 Å². The average molecular weight is 396 g/mol. The van der Waals surface area contributed by atoms with E-state index in [0.717, 1.165) is 11.1 Å². The number of aliphatic hydroxyl groups excluding tert-OH is 1. The van der Waals surface area contributed by atoms with Gasteiger partial charge in [-0.1, -0.05) is 49.4 Å². The largest absolute Gasteiger partial charge is 0.478 e. The second-order valence-electron chi connectivity index (χ2n) is 7.53. The first-order valence-corrected chi connectivity index (χ1v) is 10.1. The van der Waals surface area contributed by atoms with Crippen molar-refractivity contribution in [2.45, 2.75) is 38.2 Å². The number of aliphatic hydroxyl groups is 1. The molecule has 2 atom stereocenters. The summed E-state index contributed by atoms with van der Waals surface area (Å²) in [5.41, 5.74) is 2.36. The fraction of sp³-hybridized carbons (Fsp3) is 0.391. The van der Waals surface area contributed by atoms with Gasteiger partial charge in [-0.3, -0.25) is 9.80 Å². The molecule has 0 saturated carbocycles. The third-order valence-corrected chi connectivity index (χ3v) is 5.61. The van der Waals surface area contributed by atoms with Crippen LogP contribution in [-0.4, -0.2) is 57.8 Å². The average Bonchev–Trinajstić information content (AvgIpc) is 3.10. The molecule has 1 aliphatic rings. The van der Waals surface area contributed by atoms with E-state index in [1.165, 1.54) is 0 Å². The molecular weight excluding hydrogens is 368 g/mol. The Hall–Kier alpha value is -2.70. The lowest BCUT2D eigenvalue weighted by Crippen LogP contribution is -2.42. The van der Waals surface area contributed by atoms with Crippen LogP contribution in [0.5, 0.6) is 0 Å². The van der Waals surface area contributed by atoms with E-state index in [1.807, 2.05) is 42.3 Å². The molecule has 1 heterocycles. The minimum Gasteiger partial charge on any atom is -0.478 e. The Morgan fingerprint density at radius 2 is 1.76 bits per heavy atom. The molecule has 0 bridgehead atoms. The van der Waals surface area contributed by atoms with E-state index in [-0.39, 0.29) is 17.4 Å². The summed E-state index contributed by atoms with van der Waals surface area (Å²) < 4.78 is 0. The summed E-state index contributed by atoms with van der Waals surface area (Å²) in [6.45, 7) is 3.87. The van der Waals surface area contributed by atoms with Crippen LogP contribution < -0.4 is 0 Å². The van der Waals surface area contributed by atoms with Crippen molar-refractivity contribution in [3.63, 3.8) is 0 Å². The molecule has 6 nitrogen and oxygen atoms in total. The molecule has 2 aromatic carbocycles. The molecule has 1 saturated heterocycles. The number of hydrazine groups is 1. The summed E-state index contributed by atoms with van der Waals surface area (Å²) in [5, 5.41) is 23.4. The Kier molecular flexibility index (Phi) is 7.01. The maximum Gasteiger partial charge on any atom is 0.335 e. The lowest BCUT2D eigenvalue weighted by Gasteiger charge is -2.29. The number of amides is 1. The van der Waals surface area contributed by atoms with Crippen LogP contribution in [0.15, 0.2) is 54.6 Å². The van der Waals surface area contributed by atoms with Gasteiger partial charge in [0.05, 0.1) is 11.7 Å². The van der Waals surface area contributed by atoms with Gasteiger partial charge in [-0.2, -0.15) is 0 Å². The van der Waals surface area contributed by atoms with E-state index < -0.39 is 12.1 Å². The number of rotatable bonds is 9. The fourth-order valence-electron chi connectivity index (χ4n) is 3.69. The molecule has 1 unspecified atom stereocenters. The van der Waals surface area contributed by atoms with E-state index >= 15 is 0 Å². The van der Waals surface area contributed by atoms with Crippen LogP contribution >= 0.6 is 0 Å². The number of nitrogens with zero attached hydrogens (tertiary/aromatic N) is 2. The van der Waals surface area contributed by atoms with Crippen molar-refractivity contribution < 1.29 is 19.8 Å². The number of carboxylic acids is 1. The van der Waals surface area contributed by atoms with Crippen molar-refractivity contribution in [3.8, 4) is 0 Å². The lowest BCUT2D eigenvalue weighted by molar-refractivity contribution is -0.138. The number of carbonyl (C=O) groups is 2. The van der Waals surface area contributed by atoms with Gasteiger partial charge in [-0.15, -0.1) is 0 Å². The van der Waals surface area contributed by atoms with Crippen LogP contribution in [0.25, 0.3) is 0 Å². The van der Waals surface area contributed by atoms with Crippen LogP contribution in [-0.2, 0) is 11.2 Å².